The van der Waals surface area contributed by atoms with Crippen molar-refractivity contribution in [3.05, 3.63) is 51.5 Å². The van der Waals surface area contributed by atoms with E-state index in [1.54, 1.807) is 41.1 Å². The Morgan fingerprint density at radius 2 is 2.26 bits per heavy atom. The quantitative estimate of drug-likeness (QED) is 0.879. The first-order chi connectivity index (χ1) is 11.0. The first-order valence-electron chi connectivity index (χ1n) is 7.51. The maximum Gasteiger partial charge on any atom is 0.317 e. The van der Waals surface area contributed by atoms with Crippen molar-refractivity contribution in [1.82, 2.24) is 10.2 Å². The highest BCUT2D eigenvalue weighted by Crippen LogP contribution is 2.36. The third-order valence-electron chi connectivity index (χ3n) is 4.00. The van der Waals surface area contributed by atoms with E-state index in [1.165, 1.54) is 22.6 Å². The van der Waals surface area contributed by atoms with Gasteiger partial charge in [0.1, 0.15) is 5.82 Å². The molecule has 3 nitrogen and oxygen atoms in total. The normalized spacial score (nSPS) is 16.7. The molecular formula is C17H19FN2OS2. The van der Waals surface area contributed by atoms with Gasteiger partial charge in [0.15, 0.2) is 0 Å². The van der Waals surface area contributed by atoms with E-state index in [-0.39, 0.29) is 17.9 Å². The highest BCUT2D eigenvalue weighted by molar-refractivity contribution is 7.99. The molecule has 1 aromatic heterocycles. The fraction of sp³-hybridized carbons (Fsp3) is 0.353. The Hall–Kier alpha value is -1.53. The summed E-state index contributed by atoms with van der Waals surface area (Å²) in [5.41, 5.74) is 2.09. The van der Waals surface area contributed by atoms with Gasteiger partial charge >= 0.3 is 6.03 Å². The Kier molecular flexibility index (Phi) is 4.92. The number of carbonyl (C=O) groups is 1. The molecule has 1 aromatic carbocycles. The number of nitrogens with one attached hydrogen (secondary N) is 1. The predicted molar refractivity (Wildman–Crippen MR) is 93.5 cm³/mol. The van der Waals surface area contributed by atoms with Gasteiger partial charge < -0.3 is 10.2 Å². The number of hydrogen-bond acceptors (Lipinski definition) is 3. The van der Waals surface area contributed by atoms with Crippen molar-refractivity contribution in [2.24, 2.45) is 0 Å². The van der Waals surface area contributed by atoms with Crippen LogP contribution in [0.5, 0.6) is 0 Å². The molecule has 6 heteroatoms. The Morgan fingerprint density at radius 1 is 1.43 bits per heavy atom. The summed E-state index contributed by atoms with van der Waals surface area (Å²) in [7, 11) is 1.79. The van der Waals surface area contributed by atoms with Crippen molar-refractivity contribution in [2.75, 3.05) is 12.8 Å². The highest BCUT2D eigenvalue weighted by Gasteiger charge is 2.24. The van der Waals surface area contributed by atoms with Crippen LogP contribution >= 0.6 is 23.1 Å². The Bertz CT molecular complexity index is 716. The molecule has 0 radical (unpaired) electrons. The smallest absolute Gasteiger partial charge is 0.317 e. The number of nitrogens with zero attached hydrogens (tertiary/aromatic N) is 1. The summed E-state index contributed by atoms with van der Waals surface area (Å²) >= 11 is 3.37. The number of carbonyl (C=O) groups excluding carboxylic acids is 1. The lowest BCUT2D eigenvalue weighted by molar-refractivity contribution is 0.202. The van der Waals surface area contributed by atoms with Gasteiger partial charge in [-0.2, -0.15) is 0 Å². The standard InChI is InChI=1S/C17H19FN2OS2/c1-11-5-7-23-16(11)10-20(2)17(21)19-14-6-8-22-15-4-3-12(18)9-13(14)15/h3-5,7,9,14H,6,8,10H2,1-2H3,(H,19,21). The number of amides is 2. The molecule has 0 aliphatic carbocycles. The zero-order valence-corrected chi connectivity index (χ0v) is 14.8. The van der Waals surface area contributed by atoms with Crippen LogP contribution in [0.3, 0.4) is 0 Å². The van der Waals surface area contributed by atoms with E-state index in [4.69, 9.17) is 0 Å². The summed E-state index contributed by atoms with van der Waals surface area (Å²) in [5.74, 6) is 0.671. The molecule has 0 fully saturated rings. The summed E-state index contributed by atoms with van der Waals surface area (Å²) in [6.45, 7) is 2.64. The Balaban J connectivity index is 1.69. The number of halogens is 1. The molecule has 0 bridgehead atoms. The molecule has 1 aliphatic rings. The second-order valence-electron chi connectivity index (χ2n) is 5.70. The molecule has 1 unspecified atom stereocenters. The van der Waals surface area contributed by atoms with Gasteiger partial charge in [-0.05, 0) is 54.1 Å². The van der Waals surface area contributed by atoms with Gasteiger partial charge in [-0.1, -0.05) is 0 Å². The predicted octanol–water partition coefficient (Wildman–Crippen LogP) is 4.57. The van der Waals surface area contributed by atoms with Crippen LogP contribution in [0, 0.1) is 12.7 Å². The molecule has 2 aromatic rings. The number of aryl methyl sites for hydroxylation is 1. The van der Waals surface area contributed by atoms with E-state index in [0.717, 1.165) is 22.6 Å². The zero-order chi connectivity index (χ0) is 16.4. The van der Waals surface area contributed by atoms with Crippen LogP contribution in [0.1, 0.15) is 28.5 Å². The lowest BCUT2D eigenvalue weighted by Gasteiger charge is -2.28. The first kappa shape index (κ1) is 16.3. The first-order valence-corrected chi connectivity index (χ1v) is 9.38. The molecule has 0 saturated carbocycles. The second-order valence-corrected chi connectivity index (χ2v) is 7.84. The van der Waals surface area contributed by atoms with Crippen LogP contribution in [-0.2, 0) is 6.54 Å². The van der Waals surface area contributed by atoms with E-state index < -0.39 is 0 Å². The Labute approximate surface area is 143 Å². The molecule has 1 N–H and O–H groups in total. The van der Waals surface area contributed by atoms with Gasteiger partial charge in [0.05, 0.1) is 12.6 Å². The average Bonchev–Trinajstić information content (AvgIpc) is 2.93. The molecular weight excluding hydrogens is 331 g/mol. The third kappa shape index (κ3) is 3.70. The fourth-order valence-electron chi connectivity index (χ4n) is 2.63. The number of rotatable bonds is 3. The van der Waals surface area contributed by atoms with Crippen molar-refractivity contribution in [2.45, 2.75) is 30.8 Å². The fourth-order valence-corrected chi connectivity index (χ4v) is 4.69. The maximum absolute atomic E-state index is 13.5. The molecule has 3 rings (SSSR count). The largest absolute Gasteiger partial charge is 0.331 e. The van der Waals surface area contributed by atoms with E-state index in [1.807, 2.05) is 5.38 Å². The number of thiophene rings is 1. The lowest BCUT2D eigenvalue weighted by Crippen LogP contribution is -2.39. The Morgan fingerprint density at radius 3 is 3.00 bits per heavy atom. The van der Waals surface area contributed by atoms with Crippen LogP contribution < -0.4 is 5.32 Å². The summed E-state index contributed by atoms with van der Waals surface area (Å²) in [6.07, 6.45) is 0.818. The molecule has 0 saturated heterocycles. The van der Waals surface area contributed by atoms with Crippen LogP contribution in [0.15, 0.2) is 34.5 Å². The van der Waals surface area contributed by atoms with Crippen molar-refractivity contribution in [3.8, 4) is 0 Å². The van der Waals surface area contributed by atoms with Gasteiger partial charge in [0.2, 0.25) is 0 Å². The van der Waals surface area contributed by atoms with Gasteiger partial charge in [-0.15, -0.1) is 23.1 Å². The van der Waals surface area contributed by atoms with Crippen LogP contribution in [-0.4, -0.2) is 23.7 Å². The van der Waals surface area contributed by atoms with Crippen molar-refractivity contribution in [3.63, 3.8) is 0 Å². The van der Waals surface area contributed by atoms with Crippen molar-refractivity contribution < 1.29 is 9.18 Å². The van der Waals surface area contributed by atoms with Gasteiger partial charge in [-0.3, -0.25) is 0 Å². The number of hydrogen-bond donors (Lipinski definition) is 1. The molecule has 2 amide bonds. The molecule has 1 atom stereocenters. The number of urea groups is 1. The van der Waals surface area contributed by atoms with Gasteiger partial charge in [-0.25, -0.2) is 9.18 Å². The summed E-state index contributed by atoms with van der Waals surface area (Å²) in [4.78, 5) is 16.4. The maximum atomic E-state index is 13.5. The van der Waals surface area contributed by atoms with E-state index in [9.17, 15) is 9.18 Å². The monoisotopic (exact) mass is 350 g/mol. The highest BCUT2D eigenvalue weighted by atomic mass is 32.2. The number of benzene rings is 1. The van der Waals surface area contributed by atoms with Gasteiger partial charge in [0, 0.05) is 22.6 Å². The lowest BCUT2D eigenvalue weighted by atomic mass is 10.0. The van der Waals surface area contributed by atoms with Gasteiger partial charge in [0.25, 0.3) is 0 Å². The summed E-state index contributed by atoms with van der Waals surface area (Å²) in [5, 5.41) is 5.08. The number of fused-ring (bicyclic) bond motifs is 1. The minimum absolute atomic E-state index is 0.120. The second kappa shape index (κ2) is 6.93. The molecule has 23 heavy (non-hydrogen) atoms. The third-order valence-corrected chi connectivity index (χ3v) is 6.14. The van der Waals surface area contributed by atoms with Crippen LogP contribution in [0.4, 0.5) is 9.18 Å². The number of thioether (sulfide) groups is 1. The minimum atomic E-state index is -0.256. The summed E-state index contributed by atoms with van der Waals surface area (Å²) in [6, 6.07) is 6.62. The van der Waals surface area contributed by atoms with Crippen LogP contribution in [0.25, 0.3) is 0 Å². The molecule has 2 heterocycles. The zero-order valence-electron chi connectivity index (χ0n) is 13.1. The topological polar surface area (TPSA) is 32.3 Å². The molecule has 0 spiro atoms. The van der Waals surface area contributed by atoms with E-state index in [2.05, 4.69) is 18.3 Å². The molecule has 122 valence electrons. The minimum Gasteiger partial charge on any atom is -0.331 e. The van der Waals surface area contributed by atoms with Crippen LogP contribution in [0.2, 0.25) is 0 Å². The summed E-state index contributed by atoms with van der Waals surface area (Å²) < 4.78 is 13.5. The van der Waals surface area contributed by atoms with Crippen molar-refractivity contribution in [1.29, 1.82) is 0 Å². The molecule has 1 aliphatic heterocycles. The van der Waals surface area contributed by atoms with E-state index >= 15 is 0 Å². The average molecular weight is 350 g/mol. The van der Waals surface area contributed by atoms with E-state index in [0.29, 0.717) is 6.54 Å². The SMILES string of the molecule is Cc1ccsc1CN(C)C(=O)NC1CCSc2ccc(F)cc21. The van der Waals surface area contributed by atoms with Crippen molar-refractivity contribution >= 4 is 29.1 Å².